The molecule has 2 aliphatic rings. The van der Waals surface area contributed by atoms with Gasteiger partial charge in [0, 0.05) is 39.6 Å². The van der Waals surface area contributed by atoms with Crippen molar-refractivity contribution in [2.75, 3.05) is 31.6 Å². The summed E-state index contributed by atoms with van der Waals surface area (Å²) < 4.78 is 27.5. The van der Waals surface area contributed by atoms with E-state index in [1.54, 1.807) is 24.7 Å². The van der Waals surface area contributed by atoms with Crippen LogP contribution in [0.15, 0.2) is 29.1 Å². The van der Waals surface area contributed by atoms with Gasteiger partial charge in [0.05, 0.1) is 16.2 Å². The Hall–Kier alpha value is -1.93. The van der Waals surface area contributed by atoms with Crippen LogP contribution in [0, 0.1) is 5.92 Å². The molecule has 0 spiro atoms. The summed E-state index contributed by atoms with van der Waals surface area (Å²) in [6, 6.07) is 7.33. The topological polar surface area (TPSA) is 75.5 Å². The number of nitrogens with zero attached hydrogens (tertiary/aromatic N) is 4. The van der Waals surface area contributed by atoms with Gasteiger partial charge >= 0.3 is 0 Å². The second-order valence-corrected chi connectivity index (χ2v) is 9.41. The Morgan fingerprint density at radius 1 is 1.24 bits per heavy atom. The highest BCUT2D eigenvalue weighted by molar-refractivity contribution is 7.90. The maximum Gasteiger partial charge on any atom is 0.262 e. The first kappa shape index (κ1) is 16.5. The minimum Gasteiger partial charge on any atom is -0.341 e. The van der Waals surface area contributed by atoms with E-state index < -0.39 is 10.0 Å². The van der Waals surface area contributed by atoms with Gasteiger partial charge in [-0.05, 0) is 25.0 Å². The molecule has 2 fully saturated rings. The van der Waals surface area contributed by atoms with Crippen molar-refractivity contribution in [3.63, 3.8) is 0 Å². The van der Waals surface area contributed by atoms with Crippen molar-refractivity contribution >= 4 is 26.9 Å². The molecule has 1 aliphatic carbocycles. The lowest BCUT2D eigenvalue weighted by Gasteiger charge is -2.41. The predicted octanol–water partition coefficient (Wildman–Crippen LogP) is 0.794. The zero-order valence-corrected chi connectivity index (χ0v) is 15.2. The summed E-state index contributed by atoms with van der Waals surface area (Å²) in [5.41, 5.74) is 0.634. The summed E-state index contributed by atoms with van der Waals surface area (Å²) in [5.74, 6) is 0.912. The molecule has 0 amide bonds. The Balaban J connectivity index is 1.48. The van der Waals surface area contributed by atoms with Crippen LogP contribution in [-0.4, -0.2) is 54.2 Å². The molecule has 0 N–H and O–H groups in total. The molecule has 7 nitrogen and oxygen atoms in total. The van der Waals surface area contributed by atoms with E-state index in [2.05, 4.69) is 4.98 Å². The molecule has 0 unspecified atom stereocenters. The monoisotopic (exact) mass is 362 g/mol. The van der Waals surface area contributed by atoms with Gasteiger partial charge in [0.25, 0.3) is 5.56 Å². The van der Waals surface area contributed by atoms with Crippen LogP contribution in [0.5, 0.6) is 0 Å². The molecule has 25 heavy (non-hydrogen) atoms. The summed E-state index contributed by atoms with van der Waals surface area (Å²) in [6.07, 6.45) is 1.57. The van der Waals surface area contributed by atoms with Crippen molar-refractivity contribution in [1.29, 1.82) is 0 Å². The highest BCUT2D eigenvalue weighted by Crippen LogP contribution is 2.31. The minimum atomic E-state index is -3.12. The second-order valence-electron chi connectivity index (χ2n) is 7.09. The van der Waals surface area contributed by atoms with E-state index in [-0.39, 0.29) is 16.7 Å². The molecule has 2 heterocycles. The van der Waals surface area contributed by atoms with Crippen LogP contribution < -0.4 is 10.5 Å². The Kier molecular flexibility index (Phi) is 3.84. The Labute approximate surface area is 146 Å². The van der Waals surface area contributed by atoms with Gasteiger partial charge in [0.2, 0.25) is 16.0 Å². The summed E-state index contributed by atoms with van der Waals surface area (Å²) in [4.78, 5) is 19.1. The molecule has 1 aliphatic heterocycles. The number of para-hydroxylation sites is 1. The third-order valence-corrected chi connectivity index (χ3v) is 7.43. The summed E-state index contributed by atoms with van der Waals surface area (Å²) in [6.45, 7) is 1.95. The number of hydrogen-bond donors (Lipinski definition) is 0. The Morgan fingerprint density at radius 3 is 2.60 bits per heavy atom. The summed E-state index contributed by atoms with van der Waals surface area (Å²) in [7, 11) is 0.278. The normalized spacial score (nSPS) is 18.8. The fourth-order valence-electron chi connectivity index (χ4n) is 3.43. The number of rotatable bonds is 5. The third-order valence-electron chi connectivity index (χ3n) is 5.09. The molecule has 1 aromatic carbocycles. The Bertz CT molecular complexity index is 975. The molecule has 0 radical (unpaired) electrons. The van der Waals surface area contributed by atoms with Crippen molar-refractivity contribution in [3.05, 3.63) is 34.6 Å². The summed E-state index contributed by atoms with van der Waals surface area (Å²) in [5, 5.41) is 0.442. The smallest absolute Gasteiger partial charge is 0.262 e. The molecular weight excluding hydrogens is 340 g/mol. The van der Waals surface area contributed by atoms with Crippen molar-refractivity contribution in [2.24, 2.45) is 13.0 Å². The van der Waals surface area contributed by atoms with E-state index in [4.69, 9.17) is 0 Å². The van der Waals surface area contributed by atoms with E-state index in [9.17, 15) is 13.2 Å². The van der Waals surface area contributed by atoms with Gasteiger partial charge in [-0.2, -0.15) is 0 Å². The number of hydrogen-bond acceptors (Lipinski definition) is 5. The van der Waals surface area contributed by atoms with E-state index >= 15 is 0 Å². The minimum absolute atomic E-state index is 0.0579. The van der Waals surface area contributed by atoms with Crippen LogP contribution in [-0.2, 0) is 17.1 Å². The quantitative estimate of drug-likeness (QED) is 0.786. The highest BCUT2D eigenvalue weighted by Gasteiger charge is 2.40. The maximum absolute atomic E-state index is 12.5. The van der Waals surface area contributed by atoms with Gasteiger partial charge in [0.15, 0.2) is 0 Å². The van der Waals surface area contributed by atoms with Gasteiger partial charge < -0.3 is 4.90 Å². The highest BCUT2D eigenvalue weighted by atomic mass is 32.2. The molecule has 0 bridgehead atoms. The fourth-order valence-corrected chi connectivity index (χ4v) is 5.08. The van der Waals surface area contributed by atoms with Crippen LogP contribution >= 0.6 is 0 Å². The SMILES string of the molecule is CN(CC1CN(c2nc3ccccc3c(=O)n2C)C1)S(=O)(=O)C1CC1. The lowest BCUT2D eigenvalue weighted by Crippen LogP contribution is -2.53. The zero-order valence-electron chi connectivity index (χ0n) is 14.4. The first-order chi connectivity index (χ1) is 11.9. The average molecular weight is 362 g/mol. The molecule has 134 valence electrons. The second kappa shape index (κ2) is 5.81. The van der Waals surface area contributed by atoms with E-state index in [1.165, 1.54) is 4.31 Å². The number of anilines is 1. The van der Waals surface area contributed by atoms with E-state index in [0.717, 1.165) is 12.8 Å². The van der Waals surface area contributed by atoms with Crippen molar-refractivity contribution in [1.82, 2.24) is 13.9 Å². The molecule has 0 atom stereocenters. The molecule has 1 saturated heterocycles. The first-order valence-electron chi connectivity index (χ1n) is 8.54. The number of aromatic nitrogens is 2. The van der Waals surface area contributed by atoms with Crippen LogP contribution in [0.25, 0.3) is 10.9 Å². The molecular formula is C17H22N4O3S. The first-order valence-corrected chi connectivity index (χ1v) is 10.0. The van der Waals surface area contributed by atoms with Gasteiger partial charge in [-0.1, -0.05) is 12.1 Å². The van der Waals surface area contributed by atoms with Crippen LogP contribution in [0.3, 0.4) is 0 Å². The van der Waals surface area contributed by atoms with Gasteiger partial charge in [-0.25, -0.2) is 17.7 Å². The van der Waals surface area contributed by atoms with Crippen LogP contribution in [0.1, 0.15) is 12.8 Å². The van der Waals surface area contributed by atoms with Crippen molar-refractivity contribution in [2.45, 2.75) is 18.1 Å². The maximum atomic E-state index is 12.5. The van der Waals surface area contributed by atoms with Gasteiger partial charge in [-0.3, -0.25) is 9.36 Å². The zero-order chi connectivity index (χ0) is 17.8. The Morgan fingerprint density at radius 2 is 1.92 bits per heavy atom. The van der Waals surface area contributed by atoms with Gasteiger partial charge in [-0.15, -0.1) is 0 Å². The number of sulfonamides is 1. The molecule has 8 heteroatoms. The third kappa shape index (κ3) is 2.83. The number of fused-ring (bicyclic) bond motifs is 1. The molecule has 1 aromatic heterocycles. The van der Waals surface area contributed by atoms with Gasteiger partial charge in [0.1, 0.15) is 0 Å². The van der Waals surface area contributed by atoms with Crippen molar-refractivity contribution in [3.8, 4) is 0 Å². The summed E-state index contributed by atoms with van der Waals surface area (Å²) >= 11 is 0. The fraction of sp³-hybridized carbons (Fsp3) is 0.529. The van der Waals surface area contributed by atoms with Crippen LogP contribution in [0.4, 0.5) is 5.95 Å². The molecule has 1 saturated carbocycles. The lowest BCUT2D eigenvalue weighted by atomic mass is 10.0. The molecule has 4 rings (SSSR count). The number of benzene rings is 1. The van der Waals surface area contributed by atoms with E-state index in [0.29, 0.717) is 36.5 Å². The van der Waals surface area contributed by atoms with E-state index in [1.807, 2.05) is 23.1 Å². The average Bonchev–Trinajstić information content (AvgIpc) is 3.39. The standard InChI is InChI=1S/C17H22N4O3S/c1-19(25(23,24)13-7-8-13)9-12-10-21(11-12)17-18-15-6-4-3-5-14(15)16(22)20(17)2/h3-6,12-13H,7-11H2,1-2H3. The van der Waals surface area contributed by atoms with Crippen molar-refractivity contribution < 1.29 is 8.42 Å². The van der Waals surface area contributed by atoms with Crippen LogP contribution in [0.2, 0.25) is 0 Å². The predicted molar refractivity (Wildman–Crippen MR) is 97.3 cm³/mol. The largest absolute Gasteiger partial charge is 0.341 e. The lowest BCUT2D eigenvalue weighted by molar-refractivity contribution is 0.322. The molecule has 2 aromatic rings.